The summed E-state index contributed by atoms with van der Waals surface area (Å²) < 4.78 is 6.89. The first-order chi connectivity index (χ1) is 6.86. The molecule has 0 unspecified atom stereocenters. The van der Waals surface area contributed by atoms with Crippen LogP contribution in [0.4, 0.5) is 0 Å². The summed E-state index contributed by atoms with van der Waals surface area (Å²) >= 11 is 2.39. The zero-order valence-corrected chi connectivity index (χ0v) is 10.7. The molecule has 1 aromatic carbocycles. The first kappa shape index (κ1) is 12.0. The van der Waals surface area contributed by atoms with Gasteiger partial charge in [0.2, 0.25) is 0 Å². The second kappa shape index (κ2) is 7.23. The van der Waals surface area contributed by atoms with Gasteiger partial charge in [0, 0.05) is 4.43 Å². The van der Waals surface area contributed by atoms with E-state index in [0.29, 0.717) is 6.10 Å². The van der Waals surface area contributed by atoms with Gasteiger partial charge in [0.1, 0.15) is 0 Å². The van der Waals surface area contributed by atoms with Crippen LogP contribution < -0.4 is 0 Å². The maximum absolute atomic E-state index is 5.81. The first-order valence-corrected chi connectivity index (χ1v) is 6.61. The Labute approximate surface area is 100.0 Å². The van der Waals surface area contributed by atoms with E-state index in [-0.39, 0.29) is 0 Å². The Bertz CT molecular complexity index is 235. The molecule has 2 heteroatoms. The predicted octanol–water partition coefficient (Wildman–Crippen LogP) is 3.81. The maximum atomic E-state index is 5.81. The van der Waals surface area contributed by atoms with Crippen LogP contribution in [0.25, 0.3) is 0 Å². The lowest BCUT2D eigenvalue weighted by molar-refractivity contribution is 0.0522. The second-order valence-corrected chi connectivity index (χ2v) is 4.24. The molecule has 0 aliphatic rings. The fourth-order valence-corrected chi connectivity index (χ4v) is 2.01. The molecule has 0 aromatic heterocycles. The van der Waals surface area contributed by atoms with Crippen molar-refractivity contribution in [3.63, 3.8) is 0 Å². The Kier molecular flexibility index (Phi) is 6.19. The van der Waals surface area contributed by atoms with Crippen molar-refractivity contribution in [1.82, 2.24) is 0 Å². The number of hydrogen-bond donors (Lipinski definition) is 0. The van der Waals surface area contributed by atoms with E-state index in [4.69, 9.17) is 4.74 Å². The molecule has 0 aliphatic heterocycles. The molecule has 0 aliphatic carbocycles. The lowest BCUT2D eigenvalue weighted by Crippen LogP contribution is -2.13. The lowest BCUT2D eigenvalue weighted by atomic mass is 10.2. The summed E-state index contributed by atoms with van der Waals surface area (Å²) in [6.45, 7) is 2.94. The van der Waals surface area contributed by atoms with E-state index in [1.165, 1.54) is 12.0 Å². The van der Waals surface area contributed by atoms with Gasteiger partial charge in [-0.15, -0.1) is 0 Å². The minimum atomic E-state index is 0.417. The van der Waals surface area contributed by atoms with E-state index in [0.717, 1.165) is 17.5 Å². The van der Waals surface area contributed by atoms with Gasteiger partial charge < -0.3 is 4.74 Å². The van der Waals surface area contributed by atoms with Crippen LogP contribution in [0.5, 0.6) is 0 Å². The number of alkyl halides is 1. The molecule has 0 bridgehead atoms. The highest BCUT2D eigenvalue weighted by Gasteiger charge is 2.05. The summed E-state index contributed by atoms with van der Waals surface area (Å²) in [5, 5.41) is 0. The van der Waals surface area contributed by atoms with E-state index >= 15 is 0 Å². The Hall–Kier alpha value is -0.0900. The third-order valence-electron chi connectivity index (χ3n) is 2.11. The van der Waals surface area contributed by atoms with Crippen molar-refractivity contribution in [2.24, 2.45) is 0 Å². The predicted molar refractivity (Wildman–Crippen MR) is 68.8 cm³/mol. The zero-order valence-electron chi connectivity index (χ0n) is 8.58. The number of rotatable bonds is 6. The van der Waals surface area contributed by atoms with Crippen molar-refractivity contribution in [3.8, 4) is 0 Å². The molecule has 1 rings (SSSR count). The van der Waals surface area contributed by atoms with Crippen molar-refractivity contribution in [3.05, 3.63) is 35.9 Å². The molecular weight excluding hydrogens is 287 g/mol. The number of hydrogen-bond acceptors (Lipinski definition) is 1. The summed E-state index contributed by atoms with van der Waals surface area (Å²) in [7, 11) is 0. The topological polar surface area (TPSA) is 9.23 Å². The lowest BCUT2D eigenvalue weighted by Gasteiger charge is -2.14. The molecule has 78 valence electrons. The smallest absolute Gasteiger partial charge is 0.0721 e. The number of halogens is 1. The molecule has 14 heavy (non-hydrogen) atoms. The molecule has 1 nitrogen and oxygen atoms in total. The van der Waals surface area contributed by atoms with Gasteiger partial charge in [-0.05, 0) is 12.0 Å². The van der Waals surface area contributed by atoms with E-state index in [2.05, 4.69) is 53.8 Å². The molecule has 0 radical (unpaired) electrons. The average Bonchev–Trinajstić information content (AvgIpc) is 2.25. The summed E-state index contributed by atoms with van der Waals surface area (Å²) in [5.41, 5.74) is 1.26. The maximum Gasteiger partial charge on any atom is 0.0721 e. The van der Waals surface area contributed by atoms with Gasteiger partial charge in [0.15, 0.2) is 0 Å². The largest absolute Gasteiger partial charge is 0.373 e. The summed E-state index contributed by atoms with van der Waals surface area (Å²) in [5.74, 6) is 0. The molecule has 0 heterocycles. The molecule has 0 fully saturated rings. The van der Waals surface area contributed by atoms with Crippen molar-refractivity contribution < 1.29 is 4.74 Å². The third-order valence-corrected chi connectivity index (χ3v) is 3.09. The van der Waals surface area contributed by atoms with Gasteiger partial charge in [-0.2, -0.15) is 0 Å². The standard InChI is InChI=1S/C12H17IO/c1-2-6-12(9-13)14-10-11-7-4-3-5-8-11/h3-5,7-8,12H,2,6,9-10H2,1H3/t12-/m0/s1. The Balaban J connectivity index is 2.32. The van der Waals surface area contributed by atoms with Crippen LogP contribution in [0.15, 0.2) is 30.3 Å². The van der Waals surface area contributed by atoms with E-state index in [1.54, 1.807) is 0 Å². The van der Waals surface area contributed by atoms with Crippen molar-refractivity contribution in [1.29, 1.82) is 0 Å². The van der Waals surface area contributed by atoms with Gasteiger partial charge >= 0.3 is 0 Å². The van der Waals surface area contributed by atoms with Crippen LogP contribution in [0, 0.1) is 0 Å². The van der Waals surface area contributed by atoms with Gasteiger partial charge in [0.25, 0.3) is 0 Å². The second-order valence-electron chi connectivity index (χ2n) is 3.36. The highest BCUT2D eigenvalue weighted by molar-refractivity contribution is 14.1. The van der Waals surface area contributed by atoms with Crippen molar-refractivity contribution >= 4 is 22.6 Å². The third kappa shape index (κ3) is 4.42. The Morgan fingerprint density at radius 3 is 2.57 bits per heavy atom. The Morgan fingerprint density at radius 2 is 2.00 bits per heavy atom. The van der Waals surface area contributed by atoms with E-state index in [1.807, 2.05) is 6.07 Å². The number of ether oxygens (including phenoxy) is 1. The van der Waals surface area contributed by atoms with Crippen LogP contribution >= 0.6 is 22.6 Å². The van der Waals surface area contributed by atoms with Crippen molar-refractivity contribution in [2.45, 2.75) is 32.5 Å². The van der Waals surface area contributed by atoms with Gasteiger partial charge in [-0.25, -0.2) is 0 Å². The minimum Gasteiger partial charge on any atom is -0.373 e. The molecule has 0 amide bonds. The minimum absolute atomic E-state index is 0.417. The van der Waals surface area contributed by atoms with Crippen LogP contribution in [0.3, 0.4) is 0 Å². The summed E-state index contributed by atoms with van der Waals surface area (Å²) in [6, 6.07) is 10.4. The van der Waals surface area contributed by atoms with Crippen LogP contribution in [-0.2, 0) is 11.3 Å². The molecule has 0 saturated heterocycles. The van der Waals surface area contributed by atoms with Crippen LogP contribution in [0.1, 0.15) is 25.3 Å². The molecule has 1 atom stereocenters. The van der Waals surface area contributed by atoms with E-state index < -0.39 is 0 Å². The molecule has 0 N–H and O–H groups in total. The SMILES string of the molecule is CCC[C@@H](CI)OCc1ccccc1. The fourth-order valence-electron chi connectivity index (χ4n) is 1.32. The van der Waals surface area contributed by atoms with Crippen LogP contribution in [-0.4, -0.2) is 10.5 Å². The molecule has 0 saturated carbocycles. The van der Waals surface area contributed by atoms with Crippen molar-refractivity contribution in [2.75, 3.05) is 4.43 Å². The summed E-state index contributed by atoms with van der Waals surface area (Å²) in [6.07, 6.45) is 2.78. The van der Waals surface area contributed by atoms with Gasteiger partial charge in [0.05, 0.1) is 12.7 Å². The highest BCUT2D eigenvalue weighted by Crippen LogP contribution is 2.09. The zero-order chi connectivity index (χ0) is 10.2. The fraction of sp³-hybridized carbons (Fsp3) is 0.500. The Morgan fingerprint density at radius 1 is 1.29 bits per heavy atom. The monoisotopic (exact) mass is 304 g/mol. The van der Waals surface area contributed by atoms with Crippen LogP contribution in [0.2, 0.25) is 0 Å². The molecule has 1 aromatic rings. The first-order valence-electron chi connectivity index (χ1n) is 5.08. The highest BCUT2D eigenvalue weighted by atomic mass is 127. The average molecular weight is 304 g/mol. The molecular formula is C12H17IO. The normalized spacial score (nSPS) is 12.7. The van der Waals surface area contributed by atoms with Gasteiger partial charge in [-0.1, -0.05) is 66.3 Å². The van der Waals surface area contributed by atoms with Gasteiger partial charge in [-0.3, -0.25) is 0 Å². The quantitative estimate of drug-likeness (QED) is 0.574. The number of benzene rings is 1. The summed E-state index contributed by atoms with van der Waals surface area (Å²) in [4.78, 5) is 0. The van der Waals surface area contributed by atoms with E-state index in [9.17, 15) is 0 Å². The molecule has 0 spiro atoms.